The lowest BCUT2D eigenvalue weighted by molar-refractivity contribution is 0.256. The summed E-state index contributed by atoms with van der Waals surface area (Å²) in [6, 6.07) is 0.213. The first-order valence-electron chi connectivity index (χ1n) is 7.14. The summed E-state index contributed by atoms with van der Waals surface area (Å²) in [7, 11) is 1.94. The predicted octanol–water partition coefficient (Wildman–Crippen LogP) is 2.17. The molecule has 3 unspecified atom stereocenters. The third kappa shape index (κ3) is 3.28. The summed E-state index contributed by atoms with van der Waals surface area (Å²) < 4.78 is 1.96. The maximum atomic E-state index is 4.10. The molecule has 0 aliphatic heterocycles. The standard InChI is InChI=1S/C13H25N5/c1-10-5-4-6-12(9-10)7-8-18-13(11(2)14-3)15-16-17-18/h10-12,14H,4-9H2,1-3H3. The highest BCUT2D eigenvalue weighted by molar-refractivity contribution is 4.88. The number of nitrogens with one attached hydrogen (secondary N) is 1. The summed E-state index contributed by atoms with van der Waals surface area (Å²) in [5.41, 5.74) is 0. The maximum absolute atomic E-state index is 4.10. The van der Waals surface area contributed by atoms with E-state index < -0.39 is 0 Å². The van der Waals surface area contributed by atoms with Crippen LogP contribution in [0.5, 0.6) is 0 Å². The number of hydrogen-bond donors (Lipinski definition) is 1. The number of tetrazole rings is 1. The lowest BCUT2D eigenvalue weighted by Crippen LogP contribution is -2.20. The molecule has 1 aliphatic carbocycles. The Labute approximate surface area is 109 Å². The Bertz CT molecular complexity index is 362. The van der Waals surface area contributed by atoms with E-state index in [0.29, 0.717) is 0 Å². The Morgan fingerprint density at radius 2 is 2.28 bits per heavy atom. The normalized spacial score (nSPS) is 26.2. The molecule has 3 atom stereocenters. The van der Waals surface area contributed by atoms with Gasteiger partial charge in [0, 0.05) is 6.54 Å². The zero-order valence-corrected chi connectivity index (χ0v) is 11.8. The second-order valence-electron chi connectivity index (χ2n) is 5.70. The van der Waals surface area contributed by atoms with Crippen molar-refractivity contribution in [3.8, 4) is 0 Å². The Balaban J connectivity index is 1.88. The zero-order valence-electron chi connectivity index (χ0n) is 11.8. The molecule has 0 spiro atoms. The van der Waals surface area contributed by atoms with E-state index in [2.05, 4.69) is 34.7 Å². The second-order valence-corrected chi connectivity index (χ2v) is 5.70. The van der Waals surface area contributed by atoms with Crippen LogP contribution in [0.25, 0.3) is 0 Å². The van der Waals surface area contributed by atoms with E-state index in [9.17, 15) is 0 Å². The first kappa shape index (κ1) is 13.5. The minimum absolute atomic E-state index is 0.213. The average Bonchev–Trinajstić information content (AvgIpc) is 2.84. The van der Waals surface area contributed by atoms with Gasteiger partial charge in [-0.05, 0) is 49.1 Å². The lowest BCUT2D eigenvalue weighted by Gasteiger charge is -2.26. The van der Waals surface area contributed by atoms with Crippen molar-refractivity contribution in [2.24, 2.45) is 11.8 Å². The largest absolute Gasteiger partial charge is 0.311 e. The summed E-state index contributed by atoms with van der Waals surface area (Å²) in [5, 5.41) is 15.2. The predicted molar refractivity (Wildman–Crippen MR) is 71.0 cm³/mol. The SMILES string of the molecule is CNC(C)c1nnnn1CCC1CCCC(C)C1. The Morgan fingerprint density at radius 1 is 1.44 bits per heavy atom. The molecule has 0 bridgehead atoms. The average molecular weight is 251 g/mol. The molecule has 1 aromatic heterocycles. The van der Waals surface area contributed by atoms with Gasteiger partial charge in [0.15, 0.2) is 5.82 Å². The number of hydrogen-bond acceptors (Lipinski definition) is 4. The van der Waals surface area contributed by atoms with E-state index in [4.69, 9.17) is 0 Å². The zero-order chi connectivity index (χ0) is 13.0. The molecule has 1 saturated carbocycles. The fraction of sp³-hybridized carbons (Fsp3) is 0.923. The highest BCUT2D eigenvalue weighted by Gasteiger charge is 2.20. The molecular formula is C13H25N5. The van der Waals surface area contributed by atoms with Crippen LogP contribution in [0.15, 0.2) is 0 Å². The van der Waals surface area contributed by atoms with Crippen LogP contribution in [0.2, 0.25) is 0 Å². The molecule has 0 saturated heterocycles. The quantitative estimate of drug-likeness (QED) is 0.871. The highest BCUT2D eigenvalue weighted by atomic mass is 15.5. The van der Waals surface area contributed by atoms with Crippen molar-refractivity contribution < 1.29 is 0 Å². The van der Waals surface area contributed by atoms with Crippen molar-refractivity contribution in [2.45, 2.75) is 58.5 Å². The van der Waals surface area contributed by atoms with Gasteiger partial charge in [-0.15, -0.1) is 5.10 Å². The number of aryl methyl sites for hydroxylation is 1. The molecule has 1 aromatic rings. The van der Waals surface area contributed by atoms with Crippen molar-refractivity contribution in [1.82, 2.24) is 25.5 Å². The van der Waals surface area contributed by atoms with Crippen LogP contribution in [-0.2, 0) is 6.54 Å². The Hall–Kier alpha value is -0.970. The Kier molecular flexibility index (Phi) is 4.69. The summed E-state index contributed by atoms with van der Waals surface area (Å²) >= 11 is 0. The topological polar surface area (TPSA) is 55.6 Å². The van der Waals surface area contributed by atoms with Crippen molar-refractivity contribution >= 4 is 0 Å². The molecule has 1 aliphatic rings. The summed E-state index contributed by atoms with van der Waals surface area (Å²) in [6.45, 7) is 5.41. The van der Waals surface area contributed by atoms with Gasteiger partial charge in [-0.1, -0.05) is 26.2 Å². The second kappa shape index (κ2) is 6.27. The molecule has 18 heavy (non-hydrogen) atoms. The molecule has 1 N–H and O–H groups in total. The van der Waals surface area contributed by atoms with E-state index in [1.165, 1.54) is 32.1 Å². The van der Waals surface area contributed by atoms with Gasteiger partial charge in [0.25, 0.3) is 0 Å². The third-order valence-corrected chi connectivity index (χ3v) is 4.17. The van der Waals surface area contributed by atoms with E-state index in [1.807, 2.05) is 11.7 Å². The van der Waals surface area contributed by atoms with Crippen LogP contribution in [-0.4, -0.2) is 27.3 Å². The van der Waals surface area contributed by atoms with Gasteiger partial charge >= 0.3 is 0 Å². The van der Waals surface area contributed by atoms with Gasteiger partial charge in [-0.3, -0.25) is 0 Å². The number of nitrogens with zero attached hydrogens (tertiary/aromatic N) is 4. The smallest absolute Gasteiger partial charge is 0.167 e. The molecule has 1 fully saturated rings. The van der Waals surface area contributed by atoms with Gasteiger partial charge in [0.1, 0.15) is 0 Å². The van der Waals surface area contributed by atoms with Crippen LogP contribution >= 0.6 is 0 Å². The number of rotatable bonds is 5. The van der Waals surface area contributed by atoms with Crippen LogP contribution in [0, 0.1) is 11.8 Å². The first-order chi connectivity index (χ1) is 8.70. The molecule has 102 valence electrons. The van der Waals surface area contributed by atoms with E-state index in [-0.39, 0.29) is 6.04 Å². The summed E-state index contributed by atoms with van der Waals surface area (Å²) in [5.74, 6) is 2.70. The van der Waals surface area contributed by atoms with E-state index >= 15 is 0 Å². The van der Waals surface area contributed by atoms with E-state index in [1.54, 1.807) is 0 Å². The number of aromatic nitrogens is 4. The van der Waals surface area contributed by atoms with Gasteiger partial charge in [0.05, 0.1) is 6.04 Å². The van der Waals surface area contributed by atoms with Gasteiger partial charge in [-0.2, -0.15) is 0 Å². The first-order valence-corrected chi connectivity index (χ1v) is 7.14. The molecule has 5 heteroatoms. The monoisotopic (exact) mass is 251 g/mol. The van der Waals surface area contributed by atoms with E-state index in [0.717, 1.165) is 24.2 Å². The van der Waals surface area contributed by atoms with Gasteiger partial charge < -0.3 is 5.32 Å². The fourth-order valence-corrected chi connectivity index (χ4v) is 2.94. The molecular weight excluding hydrogens is 226 g/mol. The van der Waals surface area contributed by atoms with Crippen LogP contribution in [0.4, 0.5) is 0 Å². The Morgan fingerprint density at radius 3 is 3.00 bits per heavy atom. The fourth-order valence-electron chi connectivity index (χ4n) is 2.94. The molecule has 5 nitrogen and oxygen atoms in total. The van der Waals surface area contributed by atoms with Gasteiger partial charge in [-0.25, -0.2) is 4.68 Å². The molecule has 0 amide bonds. The highest BCUT2D eigenvalue weighted by Crippen LogP contribution is 2.31. The van der Waals surface area contributed by atoms with Gasteiger partial charge in [0.2, 0.25) is 0 Å². The van der Waals surface area contributed by atoms with Crippen molar-refractivity contribution in [1.29, 1.82) is 0 Å². The maximum Gasteiger partial charge on any atom is 0.167 e. The summed E-state index contributed by atoms with van der Waals surface area (Å²) in [4.78, 5) is 0. The van der Waals surface area contributed by atoms with Crippen molar-refractivity contribution in [2.75, 3.05) is 7.05 Å². The third-order valence-electron chi connectivity index (χ3n) is 4.17. The minimum atomic E-state index is 0.213. The molecule has 0 radical (unpaired) electrons. The van der Waals surface area contributed by atoms with Crippen LogP contribution < -0.4 is 5.32 Å². The van der Waals surface area contributed by atoms with Crippen molar-refractivity contribution in [3.63, 3.8) is 0 Å². The molecule has 1 heterocycles. The van der Waals surface area contributed by atoms with Crippen molar-refractivity contribution in [3.05, 3.63) is 5.82 Å². The lowest BCUT2D eigenvalue weighted by atomic mass is 9.81. The van der Waals surface area contributed by atoms with Crippen LogP contribution in [0.3, 0.4) is 0 Å². The summed E-state index contributed by atoms with van der Waals surface area (Å²) in [6.07, 6.45) is 6.76. The molecule has 2 rings (SSSR count). The minimum Gasteiger partial charge on any atom is -0.311 e. The van der Waals surface area contributed by atoms with Crippen LogP contribution in [0.1, 0.15) is 57.8 Å². The molecule has 0 aromatic carbocycles.